The third-order valence-electron chi connectivity index (χ3n) is 5.29. The molecule has 1 aliphatic carbocycles. The zero-order chi connectivity index (χ0) is 20.2. The molecule has 2 aromatic carbocycles. The highest BCUT2D eigenvalue weighted by atomic mass is 16.2. The number of aryl methyl sites for hydroxylation is 1. The van der Waals surface area contributed by atoms with Crippen molar-refractivity contribution in [2.45, 2.75) is 31.7 Å². The second-order valence-electron chi connectivity index (χ2n) is 7.31. The van der Waals surface area contributed by atoms with E-state index in [0.717, 1.165) is 17.5 Å². The maximum absolute atomic E-state index is 13.0. The van der Waals surface area contributed by atoms with E-state index in [1.54, 1.807) is 0 Å². The van der Waals surface area contributed by atoms with E-state index in [-0.39, 0.29) is 17.4 Å². The van der Waals surface area contributed by atoms with Gasteiger partial charge in [0.1, 0.15) is 5.56 Å². The molecule has 3 aromatic rings. The zero-order valence-electron chi connectivity index (χ0n) is 16.0. The van der Waals surface area contributed by atoms with E-state index in [2.05, 4.69) is 10.3 Å². The van der Waals surface area contributed by atoms with Gasteiger partial charge in [0.05, 0.1) is 6.04 Å². The van der Waals surface area contributed by atoms with Gasteiger partial charge in [0, 0.05) is 17.7 Å². The van der Waals surface area contributed by atoms with Crippen LogP contribution in [-0.2, 0) is 12.8 Å². The molecule has 0 aliphatic heterocycles. The van der Waals surface area contributed by atoms with Crippen LogP contribution in [0.2, 0.25) is 0 Å². The van der Waals surface area contributed by atoms with Crippen molar-refractivity contribution in [3.8, 4) is 0 Å². The lowest BCUT2D eigenvalue weighted by Gasteiger charge is -2.20. The molecule has 0 radical (unpaired) electrons. The van der Waals surface area contributed by atoms with E-state index in [1.165, 1.54) is 6.07 Å². The summed E-state index contributed by atoms with van der Waals surface area (Å²) in [6.45, 7) is 0. The van der Waals surface area contributed by atoms with Gasteiger partial charge in [0.2, 0.25) is 0 Å². The summed E-state index contributed by atoms with van der Waals surface area (Å²) in [4.78, 5) is 40.4. The Morgan fingerprint density at radius 2 is 1.66 bits per heavy atom. The molecule has 0 saturated heterocycles. The molecule has 1 unspecified atom stereocenters. The number of Topliss-reactive ketones (excluding diaryl/α,β-unsaturated/α-hetero) is 1. The lowest BCUT2D eigenvalue weighted by Crippen LogP contribution is -2.35. The summed E-state index contributed by atoms with van der Waals surface area (Å²) in [5, 5.41) is 2.99. The first kappa shape index (κ1) is 18.9. The zero-order valence-corrected chi connectivity index (χ0v) is 16.0. The van der Waals surface area contributed by atoms with E-state index in [0.29, 0.717) is 30.5 Å². The molecule has 1 amide bonds. The van der Waals surface area contributed by atoms with Gasteiger partial charge in [0.25, 0.3) is 11.5 Å². The number of ketones is 1. The molecular weight excluding hydrogens is 364 g/mol. The summed E-state index contributed by atoms with van der Waals surface area (Å²) in [5.41, 5.74) is 2.65. The van der Waals surface area contributed by atoms with Gasteiger partial charge in [-0.15, -0.1) is 0 Å². The second-order valence-corrected chi connectivity index (χ2v) is 7.31. The number of hydrogen-bond donors (Lipinski definition) is 2. The van der Waals surface area contributed by atoms with Crippen LogP contribution in [-0.4, -0.2) is 16.7 Å². The second kappa shape index (κ2) is 8.27. The fraction of sp³-hybridized carbons (Fsp3) is 0.208. The molecule has 5 heteroatoms. The van der Waals surface area contributed by atoms with Crippen molar-refractivity contribution in [2.24, 2.45) is 0 Å². The van der Waals surface area contributed by atoms with Crippen LogP contribution in [0.15, 0.2) is 71.5 Å². The molecule has 1 aromatic heterocycles. The third-order valence-corrected chi connectivity index (χ3v) is 5.29. The molecular formula is C24H22N2O3. The number of carbonyl (C=O) groups is 2. The van der Waals surface area contributed by atoms with E-state index >= 15 is 0 Å². The van der Waals surface area contributed by atoms with Gasteiger partial charge in [-0.05, 0) is 36.5 Å². The van der Waals surface area contributed by atoms with Crippen molar-refractivity contribution in [1.29, 1.82) is 0 Å². The Bertz CT molecular complexity index is 1090. The molecule has 1 atom stereocenters. The van der Waals surface area contributed by atoms with Crippen LogP contribution in [0.1, 0.15) is 56.4 Å². The monoisotopic (exact) mass is 386 g/mol. The van der Waals surface area contributed by atoms with Crippen LogP contribution in [0.4, 0.5) is 0 Å². The van der Waals surface area contributed by atoms with Crippen LogP contribution in [0.25, 0.3) is 0 Å². The summed E-state index contributed by atoms with van der Waals surface area (Å²) < 4.78 is 0. The molecule has 0 fully saturated rings. The lowest BCUT2D eigenvalue weighted by atomic mass is 9.93. The number of benzene rings is 2. The van der Waals surface area contributed by atoms with Crippen molar-refractivity contribution >= 4 is 11.7 Å². The molecule has 29 heavy (non-hydrogen) atoms. The maximum Gasteiger partial charge on any atom is 0.261 e. The minimum atomic E-state index is -0.475. The first-order valence-electron chi connectivity index (χ1n) is 9.81. The largest absolute Gasteiger partial charge is 0.345 e. The number of amides is 1. The summed E-state index contributed by atoms with van der Waals surface area (Å²) in [5.74, 6) is -0.502. The number of rotatable bonds is 5. The number of aromatic nitrogens is 1. The van der Waals surface area contributed by atoms with Gasteiger partial charge in [-0.25, -0.2) is 0 Å². The van der Waals surface area contributed by atoms with Crippen molar-refractivity contribution in [1.82, 2.24) is 10.3 Å². The number of H-pyrrole nitrogens is 1. The van der Waals surface area contributed by atoms with Crippen molar-refractivity contribution < 1.29 is 9.59 Å². The molecule has 1 aliphatic rings. The molecule has 5 nitrogen and oxygen atoms in total. The Hall–Kier alpha value is -3.47. The smallest absolute Gasteiger partial charge is 0.261 e. The molecule has 0 saturated carbocycles. The Kier molecular flexibility index (Phi) is 5.38. The first-order chi connectivity index (χ1) is 14.1. The summed E-state index contributed by atoms with van der Waals surface area (Å²) in [6, 6.07) is 20.7. The van der Waals surface area contributed by atoms with Crippen LogP contribution in [0.5, 0.6) is 0 Å². The lowest BCUT2D eigenvalue weighted by molar-refractivity contribution is 0.0935. The van der Waals surface area contributed by atoms with Gasteiger partial charge in [0.15, 0.2) is 5.78 Å². The quantitative estimate of drug-likeness (QED) is 0.703. The minimum absolute atomic E-state index is 0.0204. The van der Waals surface area contributed by atoms with Gasteiger partial charge in [-0.2, -0.15) is 0 Å². The average Bonchev–Trinajstić information content (AvgIpc) is 2.74. The highest BCUT2D eigenvalue weighted by Gasteiger charge is 2.24. The molecule has 0 spiro atoms. The number of nitrogens with one attached hydrogen (secondary N) is 2. The van der Waals surface area contributed by atoms with Gasteiger partial charge in [-0.3, -0.25) is 14.4 Å². The van der Waals surface area contributed by atoms with E-state index in [9.17, 15) is 14.4 Å². The Morgan fingerprint density at radius 3 is 2.38 bits per heavy atom. The molecule has 2 N–H and O–H groups in total. The van der Waals surface area contributed by atoms with Crippen LogP contribution >= 0.6 is 0 Å². The maximum atomic E-state index is 13.0. The summed E-state index contributed by atoms with van der Waals surface area (Å²) >= 11 is 0. The highest BCUT2D eigenvalue weighted by Crippen LogP contribution is 2.21. The highest BCUT2D eigenvalue weighted by molar-refractivity contribution is 6.01. The Morgan fingerprint density at radius 1 is 0.966 bits per heavy atom. The Labute approximate surface area is 168 Å². The van der Waals surface area contributed by atoms with E-state index < -0.39 is 11.5 Å². The topological polar surface area (TPSA) is 79.0 Å². The predicted octanol–water partition coefficient (Wildman–Crippen LogP) is 3.61. The van der Waals surface area contributed by atoms with Crippen molar-refractivity contribution in [3.05, 3.63) is 105 Å². The fourth-order valence-corrected chi connectivity index (χ4v) is 3.77. The molecule has 1 heterocycles. The third kappa shape index (κ3) is 4.19. The molecule has 146 valence electrons. The summed E-state index contributed by atoms with van der Waals surface area (Å²) in [6.07, 6.45) is 2.42. The van der Waals surface area contributed by atoms with E-state index in [4.69, 9.17) is 0 Å². The van der Waals surface area contributed by atoms with E-state index in [1.807, 2.05) is 60.7 Å². The predicted molar refractivity (Wildman–Crippen MR) is 111 cm³/mol. The number of aromatic amines is 1. The normalized spacial score (nSPS) is 14.1. The van der Waals surface area contributed by atoms with Crippen LogP contribution < -0.4 is 10.9 Å². The van der Waals surface area contributed by atoms with Crippen molar-refractivity contribution in [2.75, 3.05) is 0 Å². The number of pyridine rings is 1. The van der Waals surface area contributed by atoms with Crippen LogP contribution in [0, 0.1) is 0 Å². The number of hydrogen-bond acceptors (Lipinski definition) is 3. The fourth-order valence-electron chi connectivity index (χ4n) is 3.77. The summed E-state index contributed by atoms with van der Waals surface area (Å²) in [7, 11) is 0. The van der Waals surface area contributed by atoms with Crippen molar-refractivity contribution in [3.63, 3.8) is 0 Å². The SMILES string of the molecule is O=C1CCCc2[nH]c(=O)c(C(=O)NC(Cc3ccccc3)c3ccccc3)cc21. The number of fused-ring (bicyclic) bond motifs is 1. The standard InChI is InChI=1S/C24H22N2O3/c27-22-13-7-12-20-18(22)15-19(23(28)25-20)24(29)26-21(17-10-5-2-6-11-17)14-16-8-3-1-4-9-16/h1-6,8-11,15,21H,7,12-14H2,(H,25,28)(H,26,29). The number of carbonyl (C=O) groups excluding carboxylic acids is 2. The molecule has 4 rings (SSSR count). The van der Waals surface area contributed by atoms with Gasteiger partial charge >= 0.3 is 0 Å². The molecule has 0 bridgehead atoms. The van der Waals surface area contributed by atoms with Crippen LogP contribution in [0.3, 0.4) is 0 Å². The Balaban J connectivity index is 1.64. The minimum Gasteiger partial charge on any atom is -0.345 e. The van der Waals surface area contributed by atoms with Gasteiger partial charge in [-0.1, -0.05) is 60.7 Å². The average molecular weight is 386 g/mol. The van der Waals surface area contributed by atoms with Gasteiger partial charge < -0.3 is 10.3 Å². The first-order valence-corrected chi connectivity index (χ1v) is 9.81.